The van der Waals surface area contributed by atoms with Crippen LogP contribution in [0.25, 0.3) is 0 Å². The third-order valence-corrected chi connectivity index (χ3v) is 5.05. The standard InChI is InChI=1S/C19H25ClN4O/c1-3-4-17-13-18(23(2)22-17)21-19(25)24-11-9-15(10-12-24)14-5-7-16(20)8-6-14/h5-8,13,15H,3-4,9-12H2,1-2H3,(H,21,25). The fourth-order valence-corrected chi connectivity index (χ4v) is 3.49. The van der Waals surface area contributed by atoms with Gasteiger partial charge in [-0.25, -0.2) is 4.79 Å². The lowest BCUT2D eigenvalue weighted by Crippen LogP contribution is -2.40. The second-order valence-electron chi connectivity index (χ2n) is 6.64. The molecule has 2 aromatic rings. The first-order chi connectivity index (χ1) is 12.1. The van der Waals surface area contributed by atoms with E-state index in [9.17, 15) is 4.79 Å². The maximum atomic E-state index is 12.5. The second-order valence-corrected chi connectivity index (χ2v) is 7.07. The number of hydrogen-bond donors (Lipinski definition) is 1. The van der Waals surface area contributed by atoms with Gasteiger partial charge in [-0.05, 0) is 42.9 Å². The van der Waals surface area contributed by atoms with Gasteiger partial charge in [-0.2, -0.15) is 5.10 Å². The Hall–Kier alpha value is -2.01. The quantitative estimate of drug-likeness (QED) is 0.876. The van der Waals surface area contributed by atoms with E-state index in [2.05, 4.69) is 29.5 Å². The van der Waals surface area contributed by atoms with E-state index in [1.165, 1.54) is 5.56 Å². The van der Waals surface area contributed by atoms with E-state index in [4.69, 9.17) is 11.6 Å². The zero-order valence-corrected chi connectivity index (χ0v) is 15.6. The number of aromatic nitrogens is 2. The van der Waals surface area contributed by atoms with Crippen molar-refractivity contribution in [3.05, 3.63) is 46.6 Å². The van der Waals surface area contributed by atoms with Crippen LogP contribution in [-0.2, 0) is 13.5 Å². The SMILES string of the molecule is CCCc1cc(NC(=O)N2CCC(c3ccc(Cl)cc3)CC2)n(C)n1. The highest BCUT2D eigenvalue weighted by Crippen LogP contribution is 2.29. The predicted molar refractivity (Wildman–Crippen MR) is 101 cm³/mol. The number of piperidine rings is 1. The Balaban J connectivity index is 1.55. The number of benzene rings is 1. The molecule has 2 heterocycles. The van der Waals surface area contributed by atoms with Crippen LogP contribution in [0.5, 0.6) is 0 Å². The van der Waals surface area contributed by atoms with Crippen LogP contribution in [0.4, 0.5) is 10.6 Å². The molecule has 1 N–H and O–H groups in total. The van der Waals surface area contributed by atoms with Crippen LogP contribution in [0.3, 0.4) is 0 Å². The lowest BCUT2D eigenvalue weighted by Gasteiger charge is -2.32. The van der Waals surface area contributed by atoms with E-state index in [0.29, 0.717) is 5.92 Å². The predicted octanol–water partition coefficient (Wildman–Crippen LogP) is 4.44. The average Bonchev–Trinajstić information content (AvgIpc) is 2.95. The van der Waals surface area contributed by atoms with E-state index in [1.54, 1.807) is 4.68 Å². The second kappa shape index (κ2) is 7.91. The number of amides is 2. The molecule has 0 saturated carbocycles. The van der Waals surface area contributed by atoms with Crippen LogP contribution in [0.2, 0.25) is 5.02 Å². The third-order valence-electron chi connectivity index (χ3n) is 4.80. The van der Waals surface area contributed by atoms with E-state index < -0.39 is 0 Å². The normalized spacial score (nSPS) is 15.4. The molecule has 1 aromatic carbocycles. The van der Waals surface area contributed by atoms with Crippen molar-refractivity contribution in [1.29, 1.82) is 0 Å². The van der Waals surface area contributed by atoms with Gasteiger partial charge in [0.1, 0.15) is 5.82 Å². The number of rotatable bonds is 4. The van der Waals surface area contributed by atoms with Gasteiger partial charge in [-0.15, -0.1) is 0 Å². The van der Waals surface area contributed by atoms with Gasteiger partial charge in [0.05, 0.1) is 5.69 Å². The van der Waals surface area contributed by atoms with Gasteiger partial charge in [0.2, 0.25) is 0 Å². The van der Waals surface area contributed by atoms with Gasteiger partial charge in [0.25, 0.3) is 0 Å². The number of carbonyl (C=O) groups is 1. The van der Waals surface area contributed by atoms with Gasteiger partial charge in [-0.3, -0.25) is 10.00 Å². The molecule has 0 atom stereocenters. The van der Waals surface area contributed by atoms with Gasteiger partial charge >= 0.3 is 6.03 Å². The molecule has 25 heavy (non-hydrogen) atoms. The first-order valence-corrected chi connectivity index (χ1v) is 9.29. The molecular weight excluding hydrogens is 336 g/mol. The Morgan fingerprint density at radius 2 is 1.96 bits per heavy atom. The Bertz CT molecular complexity index is 718. The fraction of sp³-hybridized carbons (Fsp3) is 0.474. The van der Waals surface area contributed by atoms with Crippen LogP contribution in [-0.4, -0.2) is 33.8 Å². The van der Waals surface area contributed by atoms with Gasteiger partial charge in [-0.1, -0.05) is 37.1 Å². The van der Waals surface area contributed by atoms with Crippen molar-refractivity contribution in [1.82, 2.24) is 14.7 Å². The summed E-state index contributed by atoms with van der Waals surface area (Å²) in [6.45, 7) is 3.65. The molecule has 0 bridgehead atoms. The number of carbonyl (C=O) groups excluding carboxylic acids is 1. The zero-order valence-electron chi connectivity index (χ0n) is 14.8. The van der Waals surface area contributed by atoms with Crippen molar-refractivity contribution in [2.24, 2.45) is 7.05 Å². The van der Waals surface area contributed by atoms with Gasteiger partial charge in [0.15, 0.2) is 0 Å². The van der Waals surface area contributed by atoms with Crippen LogP contribution in [0, 0.1) is 0 Å². The Morgan fingerprint density at radius 3 is 2.60 bits per heavy atom. The monoisotopic (exact) mass is 360 g/mol. The topological polar surface area (TPSA) is 50.2 Å². The first kappa shape index (κ1) is 17.8. The summed E-state index contributed by atoms with van der Waals surface area (Å²) in [7, 11) is 1.86. The number of nitrogens with zero attached hydrogens (tertiary/aromatic N) is 3. The molecule has 0 unspecified atom stereocenters. The minimum absolute atomic E-state index is 0.0411. The lowest BCUT2D eigenvalue weighted by molar-refractivity contribution is 0.194. The number of urea groups is 1. The molecular formula is C19H25ClN4O. The summed E-state index contributed by atoms with van der Waals surface area (Å²) in [5, 5.41) is 8.18. The molecule has 0 spiro atoms. The van der Waals surface area contributed by atoms with Crippen LogP contribution in [0.1, 0.15) is 43.4 Å². The molecule has 3 rings (SSSR count). The molecule has 1 saturated heterocycles. The Morgan fingerprint density at radius 1 is 1.28 bits per heavy atom. The average molecular weight is 361 g/mol. The maximum absolute atomic E-state index is 12.5. The smallest absolute Gasteiger partial charge is 0.322 e. The van der Waals surface area contributed by atoms with E-state index >= 15 is 0 Å². The Kier molecular flexibility index (Phi) is 5.63. The van der Waals surface area contributed by atoms with Crippen molar-refractivity contribution in [2.75, 3.05) is 18.4 Å². The summed E-state index contributed by atoms with van der Waals surface area (Å²) in [6, 6.07) is 9.97. The third kappa shape index (κ3) is 4.34. The minimum Gasteiger partial charge on any atom is -0.324 e. The van der Waals surface area contributed by atoms with E-state index in [1.807, 2.05) is 30.1 Å². The van der Waals surface area contributed by atoms with Crippen LogP contribution >= 0.6 is 11.6 Å². The van der Waals surface area contributed by atoms with Crippen LogP contribution in [0.15, 0.2) is 30.3 Å². The number of anilines is 1. The van der Waals surface area contributed by atoms with E-state index in [-0.39, 0.29) is 6.03 Å². The highest BCUT2D eigenvalue weighted by atomic mass is 35.5. The molecule has 0 aliphatic carbocycles. The first-order valence-electron chi connectivity index (χ1n) is 8.91. The summed E-state index contributed by atoms with van der Waals surface area (Å²) < 4.78 is 1.74. The summed E-state index contributed by atoms with van der Waals surface area (Å²) in [5.74, 6) is 1.25. The van der Waals surface area contributed by atoms with Crippen molar-refractivity contribution in [3.8, 4) is 0 Å². The molecule has 2 amide bonds. The highest BCUT2D eigenvalue weighted by Gasteiger charge is 2.24. The van der Waals surface area contributed by atoms with Crippen molar-refractivity contribution in [2.45, 2.75) is 38.5 Å². The van der Waals surface area contributed by atoms with Crippen molar-refractivity contribution in [3.63, 3.8) is 0 Å². The number of nitrogens with one attached hydrogen (secondary N) is 1. The summed E-state index contributed by atoms with van der Waals surface area (Å²) in [5.41, 5.74) is 2.32. The summed E-state index contributed by atoms with van der Waals surface area (Å²) in [4.78, 5) is 14.4. The molecule has 5 nitrogen and oxygen atoms in total. The molecule has 134 valence electrons. The summed E-state index contributed by atoms with van der Waals surface area (Å²) in [6.07, 6.45) is 3.92. The number of aryl methyl sites for hydroxylation is 2. The van der Waals surface area contributed by atoms with Gasteiger partial charge < -0.3 is 4.90 Å². The van der Waals surface area contributed by atoms with Crippen LogP contribution < -0.4 is 5.32 Å². The molecule has 1 aliphatic rings. The highest BCUT2D eigenvalue weighted by molar-refractivity contribution is 6.30. The van der Waals surface area contributed by atoms with Crippen molar-refractivity contribution < 1.29 is 4.79 Å². The Labute approximate surface area is 154 Å². The molecule has 6 heteroatoms. The number of halogens is 1. The van der Waals surface area contributed by atoms with Crippen molar-refractivity contribution >= 4 is 23.4 Å². The minimum atomic E-state index is -0.0411. The fourth-order valence-electron chi connectivity index (χ4n) is 3.36. The number of hydrogen-bond acceptors (Lipinski definition) is 2. The molecule has 1 aromatic heterocycles. The van der Waals surface area contributed by atoms with E-state index in [0.717, 1.165) is 55.3 Å². The molecule has 1 fully saturated rings. The maximum Gasteiger partial charge on any atom is 0.322 e. The lowest BCUT2D eigenvalue weighted by atomic mass is 9.90. The number of likely N-dealkylation sites (tertiary alicyclic amines) is 1. The summed E-state index contributed by atoms with van der Waals surface area (Å²) >= 11 is 5.96. The molecule has 1 aliphatic heterocycles. The largest absolute Gasteiger partial charge is 0.324 e. The zero-order chi connectivity index (χ0) is 17.8. The molecule has 0 radical (unpaired) electrons. The van der Waals surface area contributed by atoms with Gasteiger partial charge in [0, 0.05) is 31.2 Å².